The van der Waals surface area contributed by atoms with E-state index in [0.29, 0.717) is 11.1 Å². The Morgan fingerprint density at radius 3 is 2.23 bits per heavy atom. The highest BCUT2D eigenvalue weighted by atomic mass is 19.4. The van der Waals surface area contributed by atoms with E-state index in [1.54, 1.807) is 36.4 Å². The molecule has 0 aromatic heterocycles. The third kappa shape index (κ3) is 6.33. The van der Waals surface area contributed by atoms with Crippen LogP contribution in [0.4, 0.5) is 13.2 Å². The SMILES string of the molecule is COc1cc(/C=C/[C@@H](COC(=O)C(F)(F)F)Cc2ccc(O)c(OC)c2)ccc1O. The highest BCUT2D eigenvalue weighted by Gasteiger charge is 2.41. The van der Waals surface area contributed by atoms with E-state index in [2.05, 4.69) is 4.74 Å². The number of phenols is 2. The molecule has 0 amide bonds. The van der Waals surface area contributed by atoms with Gasteiger partial charge in [0.2, 0.25) is 0 Å². The standard InChI is InChI=1S/C21H21F3O6/c1-28-18-10-13(5-7-16(18)25)3-4-15(12-30-20(27)21(22,23)24)9-14-6-8-17(26)19(11-14)29-2/h3-8,10-11,15,25-26H,9,12H2,1-2H3/b4-3+/t15-/m1/s1. The summed E-state index contributed by atoms with van der Waals surface area (Å²) in [6.07, 6.45) is -1.66. The molecule has 0 radical (unpaired) electrons. The minimum absolute atomic E-state index is 0.0542. The van der Waals surface area contributed by atoms with E-state index in [-0.39, 0.29) is 29.4 Å². The molecule has 2 N–H and O–H groups in total. The van der Waals surface area contributed by atoms with Crippen molar-refractivity contribution in [2.45, 2.75) is 12.6 Å². The number of hydrogen-bond acceptors (Lipinski definition) is 6. The van der Waals surface area contributed by atoms with Crippen molar-refractivity contribution in [3.05, 3.63) is 53.6 Å². The predicted octanol–water partition coefficient (Wildman–Crippen LogP) is 4.09. The fourth-order valence-corrected chi connectivity index (χ4v) is 2.64. The van der Waals surface area contributed by atoms with E-state index in [4.69, 9.17) is 9.47 Å². The molecule has 2 aromatic carbocycles. The molecular weight excluding hydrogens is 405 g/mol. The van der Waals surface area contributed by atoms with Gasteiger partial charge in [0.25, 0.3) is 0 Å². The van der Waals surface area contributed by atoms with E-state index in [0.717, 1.165) is 0 Å². The van der Waals surface area contributed by atoms with Crippen LogP contribution in [0.3, 0.4) is 0 Å². The van der Waals surface area contributed by atoms with E-state index in [1.165, 1.54) is 26.4 Å². The zero-order valence-corrected chi connectivity index (χ0v) is 16.3. The molecule has 2 aromatic rings. The van der Waals surface area contributed by atoms with Crippen LogP contribution in [0.5, 0.6) is 23.0 Å². The molecule has 0 spiro atoms. The lowest BCUT2D eigenvalue weighted by atomic mass is 9.98. The zero-order chi connectivity index (χ0) is 22.3. The molecule has 0 saturated heterocycles. The third-order valence-corrected chi connectivity index (χ3v) is 4.17. The number of alkyl halides is 3. The molecule has 0 bridgehead atoms. The Hall–Kier alpha value is -3.36. The Bertz CT molecular complexity index is 908. The minimum Gasteiger partial charge on any atom is -0.504 e. The van der Waals surface area contributed by atoms with Crippen molar-refractivity contribution in [1.82, 2.24) is 0 Å². The summed E-state index contributed by atoms with van der Waals surface area (Å²) in [5, 5.41) is 19.3. The summed E-state index contributed by atoms with van der Waals surface area (Å²) in [7, 11) is 2.76. The van der Waals surface area contributed by atoms with Crippen LogP contribution in [0.1, 0.15) is 11.1 Å². The molecule has 0 fully saturated rings. The first kappa shape index (κ1) is 22.9. The van der Waals surface area contributed by atoms with Crippen LogP contribution >= 0.6 is 0 Å². The number of benzene rings is 2. The zero-order valence-electron chi connectivity index (χ0n) is 16.3. The third-order valence-electron chi connectivity index (χ3n) is 4.17. The Labute approximate surface area is 171 Å². The predicted molar refractivity (Wildman–Crippen MR) is 103 cm³/mol. The van der Waals surface area contributed by atoms with Gasteiger partial charge in [-0.1, -0.05) is 24.3 Å². The van der Waals surface area contributed by atoms with Crippen LogP contribution in [-0.2, 0) is 16.0 Å². The number of rotatable bonds is 8. The Morgan fingerprint density at radius 1 is 1.03 bits per heavy atom. The number of halogens is 3. The number of hydrogen-bond donors (Lipinski definition) is 2. The van der Waals surface area contributed by atoms with Gasteiger partial charge in [0, 0.05) is 5.92 Å². The lowest BCUT2D eigenvalue weighted by Gasteiger charge is -2.15. The molecule has 0 saturated carbocycles. The molecule has 1 atom stereocenters. The maximum atomic E-state index is 12.5. The molecule has 30 heavy (non-hydrogen) atoms. The number of esters is 1. The summed E-state index contributed by atoms with van der Waals surface area (Å²) in [6.45, 7) is -0.507. The Kier molecular flexibility index (Phi) is 7.57. The number of carbonyl (C=O) groups excluding carboxylic acids is 1. The molecule has 0 aliphatic heterocycles. The van der Waals surface area contributed by atoms with Crippen LogP contribution in [0.15, 0.2) is 42.5 Å². The minimum atomic E-state index is -5.08. The summed E-state index contributed by atoms with van der Waals surface area (Å²) in [5.74, 6) is -2.55. The van der Waals surface area contributed by atoms with Crippen molar-refractivity contribution in [2.24, 2.45) is 5.92 Å². The van der Waals surface area contributed by atoms with Gasteiger partial charge in [-0.25, -0.2) is 4.79 Å². The average molecular weight is 426 g/mol. The monoisotopic (exact) mass is 426 g/mol. The normalized spacial score (nSPS) is 12.6. The molecule has 6 nitrogen and oxygen atoms in total. The van der Waals surface area contributed by atoms with Gasteiger partial charge in [-0.05, 0) is 41.8 Å². The second-order valence-electron chi connectivity index (χ2n) is 6.36. The lowest BCUT2D eigenvalue weighted by Crippen LogP contribution is -2.27. The summed E-state index contributed by atoms with van der Waals surface area (Å²) >= 11 is 0. The van der Waals surface area contributed by atoms with Gasteiger partial charge >= 0.3 is 12.1 Å². The average Bonchev–Trinajstić information content (AvgIpc) is 2.71. The van der Waals surface area contributed by atoms with E-state index in [1.807, 2.05) is 0 Å². The first-order valence-electron chi connectivity index (χ1n) is 8.79. The number of aromatic hydroxyl groups is 2. The van der Waals surface area contributed by atoms with Crippen molar-refractivity contribution in [1.29, 1.82) is 0 Å². The Balaban J connectivity index is 2.23. The van der Waals surface area contributed by atoms with Gasteiger partial charge in [0.05, 0.1) is 20.8 Å². The van der Waals surface area contributed by atoms with Gasteiger partial charge in [0.1, 0.15) is 0 Å². The quantitative estimate of drug-likeness (QED) is 0.619. The summed E-state index contributed by atoms with van der Waals surface area (Å²) in [5.41, 5.74) is 1.28. The van der Waals surface area contributed by atoms with Crippen LogP contribution in [-0.4, -0.2) is 43.2 Å². The number of ether oxygens (including phenoxy) is 3. The largest absolute Gasteiger partial charge is 0.504 e. The highest BCUT2D eigenvalue weighted by Crippen LogP contribution is 2.29. The smallest absolute Gasteiger partial charge is 0.490 e. The second kappa shape index (κ2) is 9.91. The maximum Gasteiger partial charge on any atom is 0.490 e. The first-order chi connectivity index (χ1) is 14.1. The fourth-order valence-electron chi connectivity index (χ4n) is 2.64. The first-order valence-corrected chi connectivity index (χ1v) is 8.79. The molecule has 2 rings (SSSR count). The molecule has 0 aliphatic carbocycles. The maximum absolute atomic E-state index is 12.5. The van der Waals surface area contributed by atoms with E-state index >= 15 is 0 Å². The highest BCUT2D eigenvalue weighted by molar-refractivity contribution is 5.75. The number of methoxy groups -OCH3 is 2. The van der Waals surface area contributed by atoms with Crippen LogP contribution in [0.2, 0.25) is 0 Å². The number of carbonyl (C=O) groups is 1. The van der Waals surface area contributed by atoms with Gasteiger partial charge in [-0.2, -0.15) is 13.2 Å². The van der Waals surface area contributed by atoms with E-state index < -0.39 is 24.7 Å². The van der Waals surface area contributed by atoms with Crippen molar-refractivity contribution in [3.8, 4) is 23.0 Å². The van der Waals surface area contributed by atoms with Crippen molar-refractivity contribution in [2.75, 3.05) is 20.8 Å². The van der Waals surface area contributed by atoms with Gasteiger partial charge < -0.3 is 24.4 Å². The van der Waals surface area contributed by atoms with Gasteiger partial charge in [0.15, 0.2) is 23.0 Å². The molecule has 0 aliphatic rings. The second-order valence-corrected chi connectivity index (χ2v) is 6.36. The van der Waals surface area contributed by atoms with E-state index in [9.17, 15) is 28.2 Å². The summed E-state index contributed by atoms with van der Waals surface area (Å²) in [6, 6.07) is 9.10. The molecule has 162 valence electrons. The van der Waals surface area contributed by atoms with Crippen molar-refractivity contribution >= 4 is 12.0 Å². The lowest BCUT2D eigenvalue weighted by molar-refractivity contribution is -0.200. The molecular formula is C21H21F3O6. The molecule has 9 heteroatoms. The Morgan fingerprint density at radius 2 is 1.63 bits per heavy atom. The van der Waals surface area contributed by atoms with Gasteiger partial charge in [-0.15, -0.1) is 0 Å². The summed E-state index contributed by atoms with van der Waals surface area (Å²) < 4.78 is 51.9. The number of phenolic OH excluding ortho intramolecular Hbond substituents is 2. The summed E-state index contributed by atoms with van der Waals surface area (Å²) in [4.78, 5) is 11.1. The fraction of sp³-hybridized carbons (Fsp3) is 0.286. The molecule has 0 heterocycles. The van der Waals surface area contributed by atoms with Crippen molar-refractivity contribution in [3.63, 3.8) is 0 Å². The van der Waals surface area contributed by atoms with Gasteiger partial charge in [-0.3, -0.25) is 0 Å². The molecule has 0 unspecified atom stereocenters. The van der Waals surface area contributed by atoms with Crippen molar-refractivity contribution < 1.29 is 42.4 Å². The van der Waals surface area contributed by atoms with Crippen LogP contribution in [0.25, 0.3) is 6.08 Å². The topological polar surface area (TPSA) is 85.2 Å². The van der Waals surface area contributed by atoms with Crippen LogP contribution in [0, 0.1) is 5.92 Å². The van der Waals surface area contributed by atoms with Crippen LogP contribution < -0.4 is 9.47 Å².